The van der Waals surface area contributed by atoms with E-state index in [0.29, 0.717) is 11.3 Å². The summed E-state index contributed by atoms with van der Waals surface area (Å²) in [4.78, 5) is 26.3. The van der Waals surface area contributed by atoms with Gasteiger partial charge in [0, 0.05) is 12.8 Å². The van der Waals surface area contributed by atoms with Gasteiger partial charge in [-0.3, -0.25) is 4.90 Å². The molecule has 0 fully saturated rings. The summed E-state index contributed by atoms with van der Waals surface area (Å²) >= 11 is 0. The van der Waals surface area contributed by atoms with Crippen LogP contribution in [0, 0.1) is 0 Å². The predicted molar refractivity (Wildman–Crippen MR) is 94.2 cm³/mol. The van der Waals surface area contributed by atoms with Crippen LogP contribution in [-0.2, 0) is 14.3 Å². The van der Waals surface area contributed by atoms with Crippen molar-refractivity contribution in [1.82, 2.24) is 10.2 Å². The molecule has 1 atom stereocenters. The lowest BCUT2D eigenvalue weighted by atomic mass is 9.94. The van der Waals surface area contributed by atoms with Gasteiger partial charge in [-0.25, -0.2) is 9.59 Å². The molecule has 1 heterocycles. The Morgan fingerprint density at radius 2 is 1.96 bits per heavy atom. The van der Waals surface area contributed by atoms with Crippen molar-refractivity contribution in [3.8, 4) is 11.5 Å². The number of halogens is 2. The molecule has 2 amide bonds. The zero-order chi connectivity index (χ0) is 20.8. The lowest BCUT2D eigenvalue weighted by Crippen LogP contribution is -2.48. The average molecular weight is 400 g/mol. The van der Waals surface area contributed by atoms with Crippen LogP contribution in [-0.4, -0.2) is 58.0 Å². The largest absolute Gasteiger partial charge is 0.493 e. The number of esters is 1. The Hall–Kier alpha value is -2.88. The topological polar surface area (TPSA) is 86.3 Å². The molecule has 2 rings (SSSR count). The first-order valence-electron chi connectivity index (χ1n) is 8.32. The van der Waals surface area contributed by atoms with Crippen molar-refractivity contribution in [2.24, 2.45) is 0 Å². The van der Waals surface area contributed by atoms with Gasteiger partial charge in [0.05, 0.1) is 39.0 Å². The maximum absolute atomic E-state index is 12.5. The molecule has 0 radical (unpaired) electrons. The SMILES string of the molecule is COCCN1C(=O)N[C@@H](c2ccc(OC(F)F)c(OC)c2)C(C(=O)OC)=C1C. The number of ether oxygens (including phenoxy) is 4. The Morgan fingerprint density at radius 1 is 1.25 bits per heavy atom. The molecule has 1 aromatic rings. The summed E-state index contributed by atoms with van der Waals surface area (Å²) < 4.78 is 44.4. The van der Waals surface area contributed by atoms with Gasteiger partial charge >= 0.3 is 18.6 Å². The number of benzene rings is 1. The van der Waals surface area contributed by atoms with E-state index >= 15 is 0 Å². The highest BCUT2D eigenvalue weighted by Crippen LogP contribution is 2.36. The minimum atomic E-state index is -3.02. The Balaban J connectivity index is 2.49. The molecule has 10 heteroatoms. The second kappa shape index (κ2) is 9.36. The number of amides is 2. The molecule has 0 unspecified atom stereocenters. The highest BCUT2D eigenvalue weighted by molar-refractivity contribution is 5.95. The first-order chi connectivity index (χ1) is 13.3. The summed E-state index contributed by atoms with van der Waals surface area (Å²) in [6, 6.07) is 2.89. The zero-order valence-corrected chi connectivity index (χ0v) is 16.0. The summed E-state index contributed by atoms with van der Waals surface area (Å²) in [5.41, 5.74) is 1.06. The standard InChI is InChI=1S/C18H22F2N2O6/c1-10-14(16(23)27-4)15(21-18(24)22(10)7-8-25-2)11-5-6-12(28-17(19)20)13(9-11)26-3/h5-6,9,15,17H,7-8H2,1-4H3,(H,21,24)/t15-/m0/s1. The Labute approximate surface area is 161 Å². The minimum Gasteiger partial charge on any atom is -0.493 e. The quantitative estimate of drug-likeness (QED) is 0.675. The van der Waals surface area contributed by atoms with Crippen LogP contribution in [0.25, 0.3) is 0 Å². The molecule has 0 spiro atoms. The zero-order valence-electron chi connectivity index (χ0n) is 16.0. The van der Waals surface area contributed by atoms with Gasteiger partial charge in [0.2, 0.25) is 0 Å². The lowest BCUT2D eigenvalue weighted by molar-refractivity contribution is -0.136. The van der Waals surface area contributed by atoms with Gasteiger partial charge in [0.25, 0.3) is 0 Å². The van der Waals surface area contributed by atoms with E-state index in [2.05, 4.69) is 10.1 Å². The van der Waals surface area contributed by atoms with Crippen LogP contribution >= 0.6 is 0 Å². The maximum atomic E-state index is 12.5. The van der Waals surface area contributed by atoms with Crippen molar-refractivity contribution < 1.29 is 37.3 Å². The molecule has 0 saturated carbocycles. The maximum Gasteiger partial charge on any atom is 0.387 e. The molecule has 1 aliphatic rings. The first kappa shape index (κ1) is 21.4. The van der Waals surface area contributed by atoms with Gasteiger partial charge < -0.3 is 24.3 Å². The summed E-state index contributed by atoms with van der Waals surface area (Å²) in [7, 11) is 4.03. The fraction of sp³-hybridized carbons (Fsp3) is 0.444. The number of alkyl halides is 2. The smallest absolute Gasteiger partial charge is 0.387 e. The van der Waals surface area contributed by atoms with E-state index in [4.69, 9.17) is 14.2 Å². The Morgan fingerprint density at radius 3 is 2.54 bits per heavy atom. The molecule has 1 aromatic carbocycles. The van der Waals surface area contributed by atoms with Crippen molar-refractivity contribution in [3.05, 3.63) is 35.0 Å². The van der Waals surface area contributed by atoms with Gasteiger partial charge in [-0.05, 0) is 24.6 Å². The normalized spacial score (nSPS) is 16.9. The highest BCUT2D eigenvalue weighted by atomic mass is 19.3. The fourth-order valence-corrected chi connectivity index (χ4v) is 2.91. The van der Waals surface area contributed by atoms with Crippen LogP contribution in [0.1, 0.15) is 18.5 Å². The van der Waals surface area contributed by atoms with Crippen LogP contribution in [0.2, 0.25) is 0 Å². The second-order valence-corrected chi connectivity index (χ2v) is 5.81. The van der Waals surface area contributed by atoms with Crippen molar-refractivity contribution in [2.75, 3.05) is 34.5 Å². The number of nitrogens with one attached hydrogen (secondary N) is 1. The van der Waals surface area contributed by atoms with Crippen LogP contribution in [0.15, 0.2) is 29.5 Å². The number of methoxy groups -OCH3 is 3. The van der Waals surface area contributed by atoms with E-state index < -0.39 is 24.7 Å². The molecule has 28 heavy (non-hydrogen) atoms. The third kappa shape index (κ3) is 4.50. The summed E-state index contributed by atoms with van der Waals surface area (Å²) in [6.07, 6.45) is 0. The fourth-order valence-electron chi connectivity index (χ4n) is 2.91. The van der Waals surface area contributed by atoms with E-state index in [1.54, 1.807) is 6.92 Å². The molecule has 0 aromatic heterocycles. The monoisotopic (exact) mass is 400 g/mol. The summed E-state index contributed by atoms with van der Waals surface area (Å²) in [5.74, 6) is -0.752. The third-order valence-corrected chi connectivity index (χ3v) is 4.26. The number of nitrogens with zero attached hydrogens (tertiary/aromatic N) is 1. The van der Waals surface area contributed by atoms with Crippen LogP contribution < -0.4 is 14.8 Å². The van der Waals surface area contributed by atoms with Crippen LogP contribution in [0.5, 0.6) is 11.5 Å². The summed E-state index contributed by atoms with van der Waals surface area (Å²) in [5, 5.41) is 2.73. The summed E-state index contributed by atoms with van der Waals surface area (Å²) in [6.45, 7) is -0.876. The number of allylic oxidation sites excluding steroid dienone is 1. The first-order valence-corrected chi connectivity index (χ1v) is 8.32. The molecule has 1 N–H and O–H groups in total. The van der Waals surface area contributed by atoms with E-state index in [1.165, 1.54) is 44.4 Å². The molecular formula is C18H22F2N2O6. The molecule has 1 aliphatic heterocycles. The predicted octanol–water partition coefficient (Wildman–Crippen LogP) is 2.46. The average Bonchev–Trinajstić information content (AvgIpc) is 2.66. The van der Waals surface area contributed by atoms with Crippen LogP contribution in [0.3, 0.4) is 0 Å². The molecule has 154 valence electrons. The van der Waals surface area contributed by atoms with E-state index in [9.17, 15) is 18.4 Å². The molecule has 0 bridgehead atoms. The second-order valence-electron chi connectivity index (χ2n) is 5.81. The van der Waals surface area contributed by atoms with Crippen molar-refractivity contribution in [2.45, 2.75) is 19.6 Å². The number of hydrogen-bond donors (Lipinski definition) is 1. The lowest BCUT2D eigenvalue weighted by Gasteiger charge is -2.35. The Bertz CT molecular complexity index is 768. The van der Waals surface area contributed by atoms with E-state index in [0.717, 1.165) is 0 Å². The van der Waals surface area contributed by atoms with Gasteiger partial charge in [0.1, 0.15) is 0 Å². The van der Waals surface area contributed by atoms with Crippen molar-refractivity contribution in [3.63, 3.8) is 0 Å². The van der Waals surface area contributed by atoms with Crippen molar-refractivity contribution in [1.29, 1.82) is 0 Å². The van der Waals surface area contributed by atoms with Crippen LogP contribution in [0.4, 0.5) is 13.6 Å². The highest BCUT2D eigenvalue weighted by Gasteiger charge is 2.36. The third-order valence-electron chi connectivity index (χ3n) is 4.26. The molecule has 8 nitrogen and oxygen atoms in total. The number of carbonyl (C=O) groups is 2. The number of hydrogen-bond acceptors (Lipinski definition) is 6. The van der Waals surface area contributed by atoms with Gasteiger partial charge in [-0.15, -0.1) is 0 Å². The molecular weight excluding hydrogens is 378 g/mol. The minimum absolute atomic E-state index is 0.0377. The van der Waals surface area contributed by atoms with Crippen molar-refractivity contribution >= 4 is 12.0 Å². The molecule has 0 aliphatic carbocycles. The van der Waals surface area contributed by atoms with Gasteiger partial charge in [0.15, 0.2) is 11.5 Å². The molecule has 0 saturated heterocycles. The number of rotatable bonds is 8. The Kier molecular flexibility index (Phi) is 7.16. The van der Waals surface area contributed by atoms with E-state index in [-0.39, 0.29) is 30.2 Å². The van der Waals surface area contributed by atoms with E-state index in [1.807, 2.05) is 0 Å². The van der Waals surface area contributed by atoms with Gasteiger partial charge in [-0.2, -0.15) is 8.78 Å². The number of carbonyl (C=O) groups excluding carboxylic acids is 2. The number of urea groups is 1. The van der Waals surface area contributed by atoms with Gasteiger partial charge in [-0.1, -0.05) is 6.07 Å².